The number of hydrogen-bond acceptors (Lipinski definition) is 1. The SMILES string of the molecule is CNC.[B].[B].[B].[B].[B].[B].[B].[B].[B].[B].[B].[B].[B].[B].[B].[B].[B].[B].[B].[B].[B].[B].[B].[B].[B].[B].[B].[B].[B].[B].[B].[B].[B].[B].[B].[B].[B].[B].[B].[B].[B].[B].[B].[B].[B].[B].[B].[B].[B].[B].[B].[B].[B].[B].[B].[B].[B].[B].[B].[B].[B].[B].[B].[B].[B].[B].[B].[B].[B].[B].[B].[B].[B].[B].[B]. The Balaban J connectivity index is -0.00000000000721. The van der Waals surface area contributed by atoms with Crippen molar-refractivity contribution in [1.82, 2.24) is 5.32 Å². The second kappa shape index (κ2) is 15700. The highest BCUT2D eigenvalue weighted by Gasteiger charge is 1.25. The van der Waals surface area contributed by atoms with Gasteiger partial charge in [0.1, 0.15) is 0 Å². The van der Waals surface area contributed by atoms with Crippen LogP contribution in [0.15, 0.2) is 0 Å². The molecular formula is C2H7B75N. The van der Waals surface area contributed by atoms with Crippen molar-refractivity contribution in [3.05, 3.63) is 0 Å². The van der Waals surface area contributed by atoms with Gasteiger partial charge in [0, 0.05) is 631 Å². The van der Waals surface area contributed by atoms with E-state index in [0.29, 0.717) is 0 Å². The van der Waals surface area contributed by atoms with Gasteiger partial charge >= 0.3 is 0 Å². The van der Waals surface area contributed by atoms with E-state index in [1.807, 2.05) is 14.1 Å². The van der Waals surface area contributed by atoms with E-state index in [-0.39, 0.29) is 631 Å². The third-order valence-corrected chi connectivity index (χ3v) is 0. The molecule has 0 atom stereocenters. The molecule has 1 N–H and O–H groups in total. The fourth-order valence-corrected chi connectivity index (χ4v) is 0. The van der Waals surface area contributed by atoms with E-state index < -0.39 is 0 Å². The summed E-state index contributed by atoms with van der Waals surface area (Å²) in [6.45, 7) is 0. The van der Waals surface area contributed by atoms with Crippen molar-refractivity contribution >= 4 is 631 Å². The summed E-state index contributed by atoms with van der Waals surface area (Å²) >= 11 is 0. The fraction of sp³-hybridized carbons (Fsp3) is 1.00. The van der Waals surface area contributed by atoms with Crippen LogP contribution >= 0.6 is 0 Å². The molecule has 225 radical (unpaired) electrons. The molecule has 0 aliphatic heterocycles. The fourth-order valence-electron chi connectivity index (χ4n) is 0. The average Bonchev–Trinajstić information content (AvgIpc) is 0.918. The third-order valence-electron chi connectivity index (χ3n) is 0. The molecule has 0 fully saturated rings. The predicted molar refractivity (Wildman–Crippen MR) is 447 cm³/mol. The Morgan fingerprint density at radius 3 is 0.0641 bits per heavy atom. The van der Waals surface area contributed by atoms with Gasteiger partial charge in [0.2, 0.25) is 0 Å². The molecule has 245 valence electrons. The molecule has 0 unspecified atom stereocenters. The number of rotatable bonds is 0. The zero-order chi connectivity index (χ0) is 2.71. The average molecular weight is 856 g/mol. The first-order chi connectivity index (χ1) is 1.41. The van der Waals surface area contributed by atoms with Gasteiger partial charge in [0.05, 0.1) is 0 Å². The summed E-state index contributed by atoms with van der Waals surface area (Å²) < 4.78 is 0. The van der Waals surface area contributed by atoms with Crippen LogP contribution in [0.5, 0.6) is 0 Å². The highest BCUT2D eigenvalue weighted by molar-refractivity contribution is 5.83. The maximum atomic E-state index is 2.75. The second-order valence-corrected chi connectivity index (χ2v) is 0.500. The first kappa shape index (κ1) is 11900. The van der Waals surface area contributed by atoms with Crippen molar-refractivity contribution in [3.8, 4) is 0 Å². The summed E-state index contributed by atoms with van der Waals surface area (Å²) in [6, 6.07) is 0. The van der Waals surface area contributed by atoms with Crippen molar-refractivity contribution in [3.63, 3.8) is 0 Å². The largest absolute Gasteiger partial charge is 0.323 e. The Morgan fingerprint density at radius 2 is 0.0641 bits per heavy atom. The Morgan fingerprint density at radius 1 is 0.0641 bits per heavy atom. The van der Waals surface area contributed by atoms with Crippen molar-refractivity contribution < 1.29 is 0 Å². The Kier molecular flexibility index (Phi) is 2400000. The molecule has 0 aliphatic carbocycles. The lowest BCUT2D eigenvalue weighted by Crippen LogP contribution is -1.89. The van der Waals surface area contributed by atoms with Crippen molar-refractivity contribution in [2.24, 2.45) is 0 Å². The minimum Gasteiger partial charge on any atom is -0.323 e. The van der Waals surface area contributed by atoms with E-state index in [4.69, 9.17) is 0 Å². The number of hydrogen-bond donors (Lipinski definition) is 1. The molecule has 0 saturated carbocycles. The van der Waals surface area contributed by atoms with Crippen LogP contribution in [0.2, 0.25) is 0 Å². The Bertz CT molecular complexity index is 21.1. The lowest BCUT2D eigenvalue weighted by molar-refractivity contribution is 1.02. The summed E-state index contributed by atoms with van der Waals surface area (Å²) in [7, 11) is 3.75. The molecule has 0 rings (SSSR count). The van der Waals surface area contributed by atoms with Crippen molar-refractivity contribution in [2.45, 2.75) is 0 Å². The van der Waals surface area contributed by atoms with Crippen LogP contribution < -0.4 is 5.32 Å². The summed E-state index contributed by atoms with van der Waals surface area (Å²) in [5.74, 6) is 0. The van der Waals surface area contributed by atoms with Crippen LogP contribution in [0.1, 0.15) is 0 Å². The van der Waals surface area contributed by atoms with Crippen LogP contribution in [-0.4, -0.2) is 645 Å². The molecule has 0 heterocycles. The molecule has 78 heavy (non-hydrogen) atoms. The lowest BCUT2D eigenvalue weighted by atomic mass is 10.8. The van der Waals surface area contributed by atoms with Crippen LogP contribution in [0.3, 0.4) is 0 Å². The van der Waals surface area contributed by atoms with Gasteiger partial charge in [-0.3, -0.25) is 0 Å². The van der Waals surface area contributed by atoms with Gasteiger partial charge in [-0.1, -0.05) is 0 Å². The maximum Gasteiger partial charge on any atom is 0 e. The molecule has 0 aromatic rings. The summed E-state index contributed by atoms with van der Waals surface area (Å²) in [6.07, 6.45) is 0. The van der Waals surface area contributed by atoms with Gasteiger partial charge in [-0.2, -0.15) is 0 Å². The second-order valence-electron chi connectivity index (χ2n) is 0.500. The quantitative estimate of drug-likeness (QED) is 0.239. The molecule has 0 amide bonds. The molecule has 76 heteroatoms. The normalized spacial score (nSPS) is 0.231. The van der Waals surface area contributed by atoms with Crippen molar-refractivity contribution in [1.29, 1.82) is 0 Å². The summed E-state index contributed by atoms with van der Waals surface area (Å²) in [5.41, 5.74) is 0. The number of nitrogens with one attached hydrogen (secondary N) is 1. The molecule has 0 spiro atoms. The van der Waals surface area contributed by atoms with Crippen molar-refractivity contribution in [2.75, 3.05) is 14.1 Å². The minimum atomic E-state index is 0. The van der Waals surface area contributed by atoms with Gasteiger partial charge in [0.15, 0.2) is 0 Å². The topological polar surface area (TPSA) is 12.0 Å². The van der Waals surface area contributed by atoms with Gasteiger partial charge in [-0.15, -0.1) is 0 Å². The van der Waals surface area contributed by atoms with E-state index in [9.17, 15) is 0 Å². The maximum absolute atomic E-state index is 2.75. The molecule has 0 bridgehead atoms. The zero-order valence-corrected chi connectivity index (χ0v) is 45.8. The molecule has 1 nitrogen and oxygen atoms in total. The third kappa shape index (κ3) is 22100. The first-order valence-electron chi connectivity index (χ1n) is 1.00. The molecule has 0 aromatic heterocycles. The summed E-state index contributed by atoms with van der Waals surface area (Å²) in [5, 5.41) is 2.75. The van der Waals surface area contributed by atoms with Crippen LogP contribution in [-0.2, 0) is 0 Å². The van der Waals surface area contributed by atoms with E-state index in [0.717, 1.165) is 0 Å². The molecule has 0 saturated heterocycles. The van der Waals surface area contributed by atoms with Gasteiger partial charge < -0.3 is 5.32 Å². The standard InChI is InChI=1S/C2H7N.75B/c1-3-2;;;;;;;;;;;;;;;;;;;;;;;;;;;;;;;;;;;;;;;;;;;;;;;;;;;;;;;;;;;;;;;;;;;;;;;;;;;/h3H,1-2H3;;;;;;;;;;;;;;;;;;;;;;;;;;;;;;;;;;;;;;;;;;;;;;;;;;;;;;;;;;;;;;;;;;;;;;;;;;;. The first-order valence-corrected chi connectivity index (χ1v) is 1.00. The van der Waals surface area contributed by atoms with Crippen LogP contribution in [0.4, 0.5) is 0 Å². The smallest absolute Gasteiger partial charge is 0 e. The van der Waals surface area contributed by atoms with Crippen LogP contribution in [0.25, 0.3) is 0 Å². The van der Waals surface area contributed by atoms with E-state index >= 15 is 0 Å². The predicted octanol–water partition coefficient (Wildman–Crippen LogP) is -28.7. The van der Waals surface area contributed by atoms with E-state index in [2.05, 4.69) is 5.32 Å². The molecular weight excluding hydrogens is 849 g/mol. The summed E-state index contributed by atoms with van der Waals surface area (Å²) in [4.78, 5) is 0. The lowest BCUT2D eigenvalue weighted by Gasteiger charge is -1.59. The van der Waals surface area contributed by atoms with Gasteiger partial charge in [-0.05, 0) is 14.1 Å². The minimum absolute atomic E-state index is 0. The van der Waals surface area contributed by atoms with E-state index in [1.165, 1.54) is 0 Å². The highest BCUT2D eigenvalue weighted by Crippen LogP contribution is 0.981. The highest BCUT2D eigenvalue weighted by atomic mass is 14.7. The molecule has 0 aromatic carbocycles. The monoisotopic (exact) mass is 871 g/mol. The van der Waals surface area contributed by atoms with Crippen LogP contribution in [0, 0.1) is 0 Å². The van der Waals surface area contributed by atoms with Gasteiger partial charge in [-0.25, -0.2) is 0 Å². The Labute approximate surface area is 645 Å². The van der Waals surface area contributed by atoms with Gasteiger partial charge in [0.25, 0.3) is 0 Å². The molecule has 0 aliphatic rings. The van der Waals surface area contributed by atoms with E-state index in [1.54, 1.807) is 0 Å². The Hall–Kier alpha value is 4.83. The zero-order valence-electron chi connectivity index (χ0n) is 45.8.